The van der Waals surface area contributed by atoms with E-state index in [9.17, 15) is 9.59 Å². The summed E-state index contributed by atoms with van der Waals surface area (Å²) in [6.07, 6.45) is 8.08. The highest BCUT2D eigenvalue weighted by atomic mass is 16.1. The van der Waals surface area contributed by atoms with Crippen LogP contribution in [0, 0.1) is 0 Å². The fourth-order valence-electron chi connectivity index (χ4n) is 2.26. The van der Waals surface area contributed by atoms with Crippen LogP contribution < -0.4 is 5.73 Å². The quantitative estimate of drug-likeness (QED) is 0.570. The minimum Gasteiger partial charge on any atom is -0.366 e. The molecule has 0 aliphatic carbocycles. The first kappa shape index (κ1) is 14.6. The largest absolute Gasteiger partial charge is 0.366 e. The lowest BCUT2D eigenvalue weighted by Gasteiger charge is -2.02. The number of rotatable bonds is 4. The average Bonchev–Trinajstić information content (AvgIpc) is 2.95. The number of nitrogens with one attached hydrogen (secondary N) is 1. The van der Waals surface area contributed by atoms with Gasteiger partial charge in [0.05, 0.1) is 0 Å². The number of ketones is 1. The molecule has 6 nitrogen and oxygen atoms in total. The number of nitrogens with zero attached hydrogens (tertiary/aromatic N) is 2. The average molecular weight is 306 g/mol. The number of nitrogens with two attached hydrogens (primary N) is 1. The van der Waals surface area contributed by atoms with Crippen LogP contribution in [0.1, 0.15) is 23.0 Å². The van der Waals surface area contributed by atoms with Gasteiger partial charge < -0.3 is 10.7 Å². The van der Waals surface area contributed by atoms with Gasteiger partial charge in [-0.25, -0.2) is 4.98 Å². The minimum atomic E-state index is -0.507. The second-order valence-electron chi connectivity index (χ2n) is 5.09. The highest BCUT2D eigenvalue weighted by molar-refractivity contribution is 5.96. The summed E-state index contributed by atoms with van der Waals surface area (Å²) in [6, 6.07) is 5.47. The number of aromatic nitrogens is 3. The number of fused-ring (bicyclic) bond motifs is 1. The number of hydrogen-bond acceptors (Lipinski definition) is 4. The van der Waals surface area contributed by atoms with E-state index >= 15 is 0 Å². The summed E-state index contributed by atoms with van der Waals surface area (Å²) in [6.45, 7) is 1.48. The lowest BCUT2D eigenvalue weighted by atomic mass is 10.1. The Morgan fingerprint density at radius 3 is 2.61 bits per heavy atom. The Bertz CT molecular complexity index is 923. The van der Waals surface area contributed by atoms with Crippen molar-refractivity contribution in [3.05, 3.63) is 54.1 Å². The van der Waals surface area contributed by atoms with Gasteiger partial charge in [0.1, 0.15) is 11.3 Å². The maximum atomic E-state index is 11.3. The Labute approximate surface area is 132 Å². The normalized spacial score (nSPS) is 11.2. The van der Waals surface area contributed by atoms with Gasteiger partial charge in [-0.15, -0.1) is 0 Å². The molecular formula is C17H14N4O2. The lowest BCUT2D eigenvalue weighted by molar-refractivity contribution is -0.113. The minimum absolute atomic E-state index is 0.0744. The van der Waals surface area contributed by atoms with Gasteiger partial charge in [0, 0.05) is 53.7 Å². The number of H-pyrrole nitrogens is 1. The zero-order chi connectivity index (χ0) is 16.4. The molecule has 3 aromatic heterocycles. The van der Waals surface area contributed by atoms with Crippen molar-refractivity contribution in [3.8, 4) is 11.1 Å². The van der Waals surface area contributed by atoms with Crippen molar-refractivity contribution in [1.82, 2.24) is 15.0 Å². The van der Waals surface area contributed by atoms with Crippen molar-refractivity contribution in [1.29, 1.82) is 0 Å². The zero-order valence-corrected chi connectivity index (χ0v) is 12.4. The van der Waals surface area contributed by atoms with Gasteiger partial charge in [-0.1, -0.05) is 6.07 Å². The molecule has 23 heavy (non-hydrogen) atoms. The van der Waals surface area contributed by atoms with Crippen LogP contribution in [-0.4, -0.2) is 26.6 Å². The lowest BCUT2D eigenvalue weighted by Crippen LogP contribution is -2.04. The summed E-state index contributed by atoms with van der Waals surface area (Å²) < 4.78 is 0. The van der Waals surface area contributed by atoms with E-state index in [0.717, 1.165) is 22.1 Å². The predicted molar refractivity (Wildman–Crippen MR) is 87.6 cm³/mol. The molecular weight excluding hydrogens is 292 g/mol. The molecule has 0 fully saturated rings. The van der Waals surface area contributed by atoms with Crippen LogP contribution in [0.4, 0.5) is 0 Å². The van der Waals surface area contributed by atoms with Crippen LogP contribution in [-0.2, 0) is 4.79 Å². The van der Waals surface area contributed by atoms with Crippen molar-refractivity contribution < 1.29 is 9.59 Å². The van der Waals surface area contributed by atoms with E-state index in [4.69, 9.17) is 5.73 Å². The molecule has 0 saturated carbocycles. The maximum Gasteiger partial charge on any atom is 0.241 e. The van der Waals surface area contributed by atoms with Gasteiger partial charge in [0.25, 0.3) is 0 Å². The Hall–Kier alpha value is -3.28. The Morgan fingerprint density at radius 1 is 1.17 bits per heavy atom. The van der Waals surface area contributed by atoms with Gasteiger partial charge in [0.15, 0.2) is 5.78 Å². The van der Waals surface area contributed by atoms with Gasteiger partial charge >= 0.3 is 0 Å². The van der Waals surface area contributed by atoms with Gasteiger partial charge in [-0.05, 0) is 18.2 Å². The number of pyridine rings is 2. The van der Waals surface area contributed by atoms with Crippen molar-refractivity contribution in [2.45, 2.75) is 6.92 Å². The molecule has 3 heterocycles. The highest BCUT2D eigenvalue weighted by Gasteiger charge is 2.07. The van der Waals surface area contributed by atoms with Crippen molar-refractivity contribution in [2.75, 3.05) is 0 Å². The van der Waals surface area contributed by atoms with E-state index in [1.807, 2.05) is 12.1 Å². The summed E-state index contributed by atoms with van der Waals surface area (Å²) in [5.74, 6) is -0.581. The van der Waals surface area contributed by atoms with E-state index < -0.39 is 5.91 Å². The molecule has 3 rings (SSSR count). The molecule has 0 aromatic carbocycles. The Kier molecular flexibility index (Phi) is 3.72. The molecule has 0 aliphatic rings. The van der Waals surface area contributed by atoms with Crippen LogP contribution in [0.3, 0.4) is 0 Å². The molecule has 3 N–H and O–H groups in total. The fraction of sp³-hybridized carbons (Fsp3) is 0.0588. The number of hydrogen-bond donors (Lipinski definition) is 2. The third-order valence-corrected chi connectivity index (χ3v) is 3.45. The van der Waals surface area contributed by atoms with Crippen LogP contribution in [0.25, 0.3) is 28.2 Å². The first-order chi connectivity index (χ1) is 11.0. The van der Waals surface area contributed by atoms with Crippen LogP contribution in [0.5, 0.6) is 0 Å². The number of amides is 1. The third-order valence-electron chi connectivity index (χ3n) is 3.45. The first-order valence-electron chi connectivity index (χ1n) is 6.96. The summed E-state index contributed by atoms with van der Waals surface area (Å²) in [5.41, 5.74) is 8.81. The zero-order valence-electron chi connectivity index (χ0n) is 12.4. The van der Waals surface area contributed by atoms with Crippen molar-refractivity contribution >= 4 is 28.8 Å². The van der Waals surface area contributed by atoms with Crippen LogP contribution in [0.15, 0.2) is 42.9 Å². The van der Waals surface area contributed by atoms with E-state index in [1.54, 1.807) is 30.7 Å². The summed E-state index contributed by atoms with van der Waals surface area (Å²) in [7, 11) is 0. The Balaban J connectivity index is 2.03. The van der Waals surface area contributed by atoms with Crippen molar-refractivity contribution in [3.63, 3.8) is 0 Å². The standard InChI is InChI=1S/C17H14N4O2/c1-10(22)15-4-2-11(7-19-15)13-6-14-12(3-5-16(18)23)8-20-17(14)21-9-13/h2-9H,1H3,(H2,18,23)(H,20,21). The van der Waals surface area contributed by atoms with Gasteiger partial charge in [0.2, 0.25) is 5.91 Å². The molecule has 114 valence electrons. The Morgan fingerprint density at radius 2 is 1.96 bits per heavy atom. The van der Waals surface area contributed by atoms with Crippen LogP contribution in [0.2, 0.25) is 0 Å². The van der Waals surface area contributed by atoms with E-state index in [0.29, 0.717) is 11.3 Å². The summed E-state index contributed by atoms with van der Waals surface area (Å²) in [4.78, 5) is 33.7. The topological polar surface area (TPSA) is 102 Å². The molecule has 0 saturated heterocycles. The SMILES string of the molecule is CC(=O)c1ccc(-c2cnc3[nH]cc(C=CC(N)=O)c3c2)cn1. The summed E-state index contributed by atoms with van der Waals surface area (Å²) in [5, 5.41) is 0.871. The maximum absolute atomic E-state index is 11.3. The smallest absolute Gasteiger partial charge is 0.241 e. The first-order valence-corrected chi connectivity index (χ1v) is 6.96. The highest BCUT2D eigenvalue weighted by Crippen LogP contribution is 2.25. The third kappa shape index (κ3) is 3.01. The number of primary amides is 1. The summed E-state index contributed by atoms with van der Waals surface area (Å²) >= 11 is 0. The molecule has 6 heteroatoms. The predicted octanol–water partition coefficient (Wildman–Crippen LogP) is 2.33. The number of aromatic amines is 1. The van der Waals surface area contributed by atoms with E-state index in [-0.39, 0.29) is 5.78 Å². The van der Waals surface area contributed by atoms with Gasteiger partial charge in [-0.2, -0.15) is 0 Å². The number of Topliss-reactive ketones (excluding diaryl/α,β-unsaturated/α-hetero) is 1. The molecule has 1 amide bonds. The van der Waals surface area contributed by atoms with Crippen LogP contribution >= 0.6 is 0 Å². The molecule has 0 unspecified atom stereocenters. The monoisotopic (exact) mass is 306 g/mol. The molecule has 0 bridgehead atoms. The number of carbonyl (C=O) groups excluding carboxylic acids is 2. The molecule has 0 aliphatic heterocycles. The molecule has 3 aromatic rings. The fourth-order valence-corrected chi connectivity index (χ4v) is 2.26. The molecule has 0 radical (unpaired) electrons. The molecule has 0 atom stereocenters. The molecule has 0 spiro atoms. The van der Waals surface area contributed by atoms with Crippen molar-refractivity contribution in [2.24, 2.45) is 5.73 Å². The second kappa shape index (κ2) is 5.84. The van der Waals surface area contributed by atoms with E-state index in [2.05, 4.69) is 15.0 Å². The van der Waals surface area contributed by atoms with E-state index in [1.165, 1.54) is 13.0 Å². The number of carbonyl (C=O) groups is 2. The van der Waals surface area contributed by atoms with Gasteiger partial charge in [-0.3, -0.25) is 14.6 Å². The second-order valence-corrected chi connectivity index (χ2v) is 5.09.